The summed E-state index contributed by atoms with van der Waals surface area (Å²) in [5.41, 5.74) is 0.838. The van der Waals surface area contributed by atoms with Crippen molar-refractivity contribution < 1.29 is 4.39 Å². The highest BCUT2D eigenvalue weighted by Crippen LogP contribution is 2.22. The molecule has 1 aromatic carbocycles. The molecule has 1 rings (SSSR count). The second-order valence-electron chi connectivity index (χ2n) is 3.15. The molecule has 0 saturated heterocycles. The van der Waals surface area contributed by atoms with E-state index >= 15 is 0 Å². The van der Waals surface area contributed by atoms with E-state index in [1.54, 1.807) is 6.07 Å². The average Bonchev–Trinajstić information content (AvgIpc) is 2.03. The Labute approximate surface area is 82.7 Å². The summed E-state index contributed by atoms with van der Waals surface area (Å²) in [6.45, 7) is 4.06. The number of hydrogen-bond acceptors (Lipinski definition) is 2. The minimum atomic E-state index is -0.154. The van der Waals surface area contributed by atoms with Crippen molar-refractivity contribution in [3.63, 3.8) is 0 Å². The molecule has 0 aliphatic heterocycles. The van der Waals surface area contributed by atoms with Crippen LogP contribution in [0.25, 0.3) is 0 Å². The predicted octanol–water partition coefficient (Wildman–Crippen LogP) is 3.37. The third-order valence-electron chi connectivity index (χ3n) is 1.61. The first-order valence-corrected chi connectivity index (χ1v) is 5.46. The van der Waals surface area contributed by atoms with Crippen LogP contribution in [-0.2, 0) is 0 Å². The van der Waals surface area contributed by atoms with Gasteiger partial charge in [0.05, 0.1) is 0 Å². The molecule has 0 fully saturated rings. The van der Waals surface area contributed by atoms with Gasteiger partial charge in [0.15, 0.2) is 0 Å². The molecule has 1 N–H and O–H groups in total. The van der Waals surface area contributed by atoms with Crippen LogP contribution in [-0.4, -0.2) is 12.3 Å². The van der Waals surface area contributed by atoms with Crippen LogP contribution in [0.3, 0.4) is 0 Å². The standard InChI is InChI=1S/C10H14FNS/c1-7(2)12-8-4-5-10(13-3)9(11)6-8/h4-7,12H,1-3H3. The predicted molar refractivity (Wildman–Crippen MR) is 56.9 cm³/mol. The van der Waals surface area contributed by atoms with E-state index in [1.165, 1.54) is 17.8 Å². The van der Waals surface area contributed by atoms with E-state index in [1.807, 2.05) is 26.2 Å². The summed E-state index contributed by atoms with van der Waals surface area (Å²) in [5.74, 6) is -0.154. The van der Waals surface area contributed by atoms with Gasteiger partial charge in [-0.05, 0) is 38.3 Å². The van der Waals surface area contributed by atoms with Crippen molar-refractivity contribution in [1.29, 1.82) is 0 Å². The highest BCUT2D eigenvalue weighted by atomic mass is 32.2. The Morgan fingerprint density at radius 1 is 1.38 bits per heavy atom. The molecular weight excluding hydrogens is 185 g/mol. The summed E-state index contributed by atoms with van der Waals surface area (Å²) in [4.78, 5) is 0.689. The average molecular weight is 199 g/mol. The topological polar surface area (TPSA) is 12.0 Å². The monoisotopic (exact) mass is 199 g/mol. The summed E-state index contributed by atoms with van der Waals surface area (Å²) in [6, 6.07) is 5.56. The Balaban J connectivity index is 2.83. The minimum absolute atomic E-state index is 0.154. The maximum atomic E-state index is 13.2. The summed E-state index contributed by atoms with van der Waals surface area (Å²) in [5, 5.41) is 3.15. The number of anilines is 1. The molecule has 0 aromatic heterocycles. The first-order chi connectivity index (χ1) is 6.13. The van der Waals surface area contributed by atoms with Gasteiger partial charge in [0, 0.05) is 16.6 Å². The number of nitrogens with one attached hydrogen (secondary N) is 1. The number of thioether (sulfide) groups is 1. The fraction of sp³-hybridized carbons (Fsp3) is 0.400. The Hall–Kier alpha value is -0.700. The highest BCUT2D eigenvalue weighted by Gasteiger charge is 2.02. The quantitative estimate of drug-likeness (QED) is 0.749. The molecule has 0 heterocycles. The molecular formula is C10H14FNS. The Morgan fingerprint density at radius 2 is 2.08 bits per heavy atom. The second-order valence-corrected chi connectivity index (χ2v) is 4.00. The summed E-state index contributed by atoms with van der Waals surface area (Å²) < 4.78 is 13.2. The van der Waals surface area contributed by atoms with E-state index in [4.69, 9.17) is 0 Å². The number of hydrogen-bond donors (Lipinski definition) is 1. The van der Waals surface area contributed by atoms with Gasteiger partial charge in [-0.25, -0.2) is 4.39 Å². The van der Waals surface area contributed by atoms with Gasteiger partial charge >= 0.3 is 0 Å². The number of rotatable bonds is 3. The zero-order chi connectivity index (χ0) is 9.84. The molecule has 0 saturated carbocycles. The Morgan fingerprint density at radius 3 is 2.54 bits per heavy atom. The van der Waals surface area contributed by atoms with Gasteiger partial charge in [-0.3, -0.25) is 0 Å². The van der Waals surface area contributed by atoms with Crippen molar-refractivity contribution in [3.05, 3.63) is 24.0 Å². The molecule has 13 heavy (non-hydrogen) atoms. The van der Waals surface area contributed by atoms with E-state index in [-0.39, 0.29) is 5.82 Å². The zero-order valence-corrected chi connectivity index (χ0v) is 8.91. The fourth-order valence-electron chi connectivity index (χ4n) is 1.09. The molecule has 3 heteroatoms. The number of benzene rings is 1. The zero-order valence-electron chi connectivity index (χ0n) is 8.10. The van der Waals surface area contributed by atoms with Gasteiger partial charge in [-0.2, -0.15) is 0 Å². The lowest BCUT2D eigenvalue weighted by Gasteiger charge is -2.10. The van der Waals surface area contributed by atoms with Crippen LogP contribution in [0.5, 0.6) is 0 Å². The van der Waals surface area contributed by atoms with E-state index in [0.29, 0.717) is 10.9 Å². The lowest BCUT2D eigenvalue weighted by Crippen LogP contribution is -2.09. The van der Waals surface area contributed by atoms with E-state index in [9.17, 15) is 4.39 Å². The molecule has 0 amide bonds. The lowest BCUT2D eigenvalue weighted by molar-refractivity contribution is 0.602. The SMILES string of the molecule is CSc1ccc(NC(C)C)cc1F. The molecule has 0 radical (unpaired) electrons. The molecule has 0 unspecified atom stereocenters. The van der Waals surface area contributed by atoms with Crippen LogP contribution in [0.15, 0.2) is 23.1 Å². The van der Waals surface area contributed by atoms with Crippen molar-refractivity contribution in [1.82, 2.24) is 0 Å². The molecule has 1 aromatic rings. The van der Waals surface area contributed by atoms with Crippen LogP contribution in [0.2, 0.25) is 0 Å². The van der Waals surface area contributed by atoms with Crippen molar-refractivity contribution in [3.8, 4) is 0 Å². The van der Waals surface area contributed by atoms with E-state index < -0.39 is 0 Å². The van der Waals surface area contributed by atoms with Crippen molar-refractivity contribution >= 4 is 17.4 Å². The van der Waals surface area contributed by atoms with E-state index in [2.05, 4.69) is 5.32 Å². The summed E-state index contributed by atoms with van der Waals surface area (Å²) in [7, 11) is 0. The van der Waals surface area contributed by atoms with Crippen molar-refractivity contribution in [2.24, 2.45) is 0 Å². The maximum absolute atomic E-state index is 13.2. The summed E-state index contributed by atoms with van der Waals surface area (Å²) in [6.07, 6.45) is 1.87. The first-order valence-electron chi connectivity index (χ1n) is 4.23. The third-order valence-corrected chi connectivity index (χ3v) is 2.38. The Bertz CT molecular complexity index is 286. The largest absolute Gasteiger partial charge is 0.383 e. The molecule has 0 bridgehead atoms. The molecule has 72 valence electrons. The minimum Gasteiger partial charge on any atom is -0.383 e. The lowest BCUT2D eigenvalue weighted by atomic mass is 10.3. The maximum Gasteiger partial charge on any atom is 0.138 e. The van der Waals surface area contributed by atoms with Crippen LogP contribution >= 0.6 is 11.8 Å². The fourth-order valence-corrected chi connectivity index (χ4v) is 1.55. The van der Waals surface area contributed by atoms with Crippen molar-refractivity contribution in [2.45, 2.75) is 24.8 Å². The number of halogens is 1. The molecule has 0 aliphatic rings. The summed E-state index contributed by atoms with van der Waals surface area (Å²) >= 11 is 1.42. The highest BCUT2D eigenvalue weighted by molar-refractivity contribution is 7.98. The van der Waals surface area contributed by atoms with Crippen LogP contribution in [0, 0.1) is 5.82 Å². The van der Waals surface area contributed by atoms with Crippen LogP contribution in [0.1, 0.15) is 13.8 Å². The smallest absolute Gasteiger partial charge is 0.138 e. The normalized spacial score (nSPS) is 10.5. The Kier molecular flexibility index (Phi) is 3.60. The van der Waals surface area contributed by atoms with Crippen LogP contribution in [0.4, 0.5) is 10.1 Å². The van der Waals surface area contributed by atoms with Gasteiger partial charge in [0.2, 0.25) is 0 Å². The molecule has 0 spiro atoms. The second kappa shape index (κ2) is 4.51. The van der Waals surface area contributed by atoms with Gasteiger partial charge in [0.25, 0.3) is 0 Å². The van der Waals surface area contributed by atoms with Gasteiger partial charge in [-0.15, -0.1) is 11.8 Å². The van der Waals surface area contributed by atoms with Gasteiger partial charge in [-0.1, -0.05) is 0 Å². The van der Waals surface area contributed by atoms with E-state index in [0.717, 1.165) is 5.69 Å². The molecule has 0 aliphatic carbocycles. The van der Waals surface area contributed by atoms with Crippen LogP contribution < -0.4 is 5.32 Å². The first kappa shape index (κ1) is 10.4. The molecule has 1 nitrogen and oxygen atoms in total. The molecule has 0 atom stereocenters. The van der Waals surface area contributed by atoms with Crippen molar-refractivity contribution in [2.75, 3.05) is 11.6 Å². The van der Waals surface area contributed by atoms with Gasteiger partial charge in [0.1, 0.15) is 5.82 Å². The van der Waals surface area contributed by atoms with Gasteiger partial charge < -0.3 is 5.32 Å². The third kappa shape index (κ3) is 2.92.